The summed E-state index contributed by atoms with van der Waals surface area (Å²) in [6, 6.07) is 0. The van der Waals surface area contributed by atoms with Crippen LogP contribution in [0, 0.1) is 0 Å². The van der Waals surface area contributed by atoms with E-state index in [4.69, 9.17) is 15.3 Å². The number of unbranched alkanes of at least 4 members (excludes halogenated alkanes) is 7. The van der Waals surface area contributed by atoms with E-state index < -0.39 is 12.1 Å². The smallest absolute Gasteiger partial charge is 0.481 e. The van der Waals surface area contributed by atoms with Crippen molar-refractivity contribution in [3.05, 3.63) is 0 Å². The minimum Gasteiger partial charge on any atom is -0.481 e. The summed E-state index contributed by atoms with van der Waals surface area (Å²) in [5, 5.41) is 26.0. The number of carboxylic acid groups (broad SMARTS) is 2. The quantitative estimate of drug-likeness (QED) is 0.274. The maximum absolute atomic E-state index is 10.4. The SMILES string of the molecule is O=C(O)CCCCCCCN(CCO)CCCCCCOC(=O)O. The number of rotatable bonds is 17. The van der Waals surface area contributed by atoms with Gasteiger partial charge in [0.2, 0.25) is 0 Å². The van der Waals surface area contributed by atoms with Gasteiger partial charge in [0.25, 0.3) is 0 Å². The number of carbonyl (C=O) groups is 2. The lowest BCUT2D eigenvalue weighted by Crippen LogP contribution is -2.29. The Bertz CT molecular complexity index is 296. The maximum atomic E-state index is 10.4. The van der Waals surface area contributed by atoms with E-state index in [-0.39, 0.29) is 19.6 Å². The zero-order chi connectivity index (χ0) is 18.0. The third kappa shape index (κ3) is 17.0. The molecule has 0 aliphatic heterocycles. The standard InChI is InChI=1S/C17H33NO6/c19-14-13-18(11-7-3-1-2-6-10-16(20)21)12-8-4-5-9-15-24-17(22)23/h19H,1-15H2,(H,20,21)(H,22,23). The Labute approximate surface area is 144 Å². The lowest BCUT2D eigenvalue weighted by Gasteiger charge is -2.21. The van der Waals surface area contributed by atoms with Crippen LogP contribution in [0.1, 0.15) is 64.2 Å². The van der Waals surface area contributed by atoms with Crippen LogP contribution in [-0.2, 0) is 9.53 Å². The molecule has 142 valence electrons. The average molecular weight is 347 g/mol. The van der Waals surface area contributed by atoms with Gasteiger partial charge >= 0.3 is 12.1 Å². The van der Waals surface area contributed by atoms with E-state index in [0.29, 0.717) is 6.54 Å². The Morgan fingerprint density at radius 3 is 1.83 bits per heavy atom. The van der Waals surface area contributed by atoms with Gasteiger partial charge in [-0.3, -0.25) is 4.79 Å². The molecule has 0 amide bonds. The second kappa shape index (κ2) is 16.5. The number of carboxylic acids is 1. The fourth-order valence-electron chi connectivity index (χ4n) is 2.57. The van der Waals surface area contributed by atoms with Gasteiger partial charge in [-0.2, -0.15) is 0 Å². The molecule has 0 fully saturated rings. The van der Waals surface area contributed by atoms with Crippen LogP contribution in [0.2, 0.25) is 0 Å². The molecule has 0 spiro atoms. The predicted molar refractivity (Wildman–Crippen MR) is 91.3 cm³/mol. The van der Waals surface area contributed by atoms with Gasteiger partial charge in [0.15, 0.2) is 0 Å². The fourth-order valence-corrected chi connectivity index (χ4v) is 2.57. The molecule has 0 radical (unpaired) electrons. The number of aliphatic hydroxyl groups is 1. The lowest BCUT2D eigenvalue weighted by atomic mass is 10.1. The molecule has 0 saturated carbocycles. The molecule has 0 aromatic heterocycles. The Morgan fingerprint density at radius 1 is 0.750 bits per heavy atom. The van der Waals surface area contributed by atoms with Gasteiger partial charge in [-0.25, -0.2) is 4.79 Å². The fraction of sp³-hybridized carbons (Fsp3) is 0.882. The summed E-state index contributed by atoms with van der Waals surface area (Å²) in [5.41, 5.74) is 0. The molecule has 3 N–H and O–H groups in total. The minimum atomic E-state index is -1.22. The molecule has 0 unspecified atom stereocenters. The molecule has 7 nitrogen and oxygen atoms in total. The molecular formula is C17H33NO6. The van der Waals surface area contributed by atoms with Gasteiger partial charge in [-0.05, 0) is 38.8 Å². The monoisotopic (exact) mass is 347 g/mol. The molecule has 7 heteroatoms. The molecule has 0 aliphatic rings. The predicted octanol–water partition coefficient (Wildman–Crippen LogP) is 2.96. The second-order valence-electron chi connectivity index (χ2n) is 6.01. The van der Waals surface area contributed by atoms with Crippen molar-refractivity contribution in [2.24, 2.45) is 0 Å². The zero-order valence-electron chi connectivity index (χ0n) is 14.6. The van der Waals surface area contributed by atoms with E-state index in [9.17, 15) is 9.59 Å². The third-order valence-electron chi connectivity index (χ3n) is 3.88. The van der Waals surface area contributed by atoms with Gasteiger partial charge in [-0.1, -0.05) is 32.1 Å². The van der Waals surface area contributed by atoms with Crippen molar-refractivity contribution in [2.75, 3.05) is 32.8 Å². The van der Waals surface area contributed by atoms with Gasteiger partial charge in [-0.15, -0.1) is 0 Å². The molecule has 0 aromatic carbocycles. The van der Waals surface area contributed by atoms with Crippen molar-refractivity contribution < 1.29 is 29.6 Å². The molecular weight excluding hydrogens is 314 g/mol. The Balaban J connectivity index is 3.52. The van der Waals surface area contributed by atoms with Crippen molar-refractivity contribution in [2.45, 2.75) is 64.2 Å². The first-order valence-corrected chi connectivity index (χ1v) is 8.97. The molecule has 0 heterocycles. The number of aliphatic carboxylic acids is 1. The summed E-state index contributed by atoms with van der Waals surface area (Å²) in [6.07, 6.45) is 7.74. The van der Waals surface area contributed by atoms with Crippen LogP contribution in [0.3, 0.4) is 0 Å². The van der Waals surface area contributed by atoms with E-state index in [1.807, 2.05) is 0 Å². The minimum absolute atomic E-state index is 0.158. The summed E-state index contributed by atoms with van der Waals surface area (Å²) in [7, 11) is 0. The second-order valence-corrected chi connectivity index (χ2v) is 6.01. The Hall–Kier alpha value is -1.34. The highest BCUT2D eigenvalue weighted by atomic mass is 16.7. The van der Waals surface area contributed by atoms with Crippen LogP contribution in [0.5, 0.6) is 0 Å². The third-order valence-corrected chi connectivity index (χ3v) is 3.88. The van der Waals surface area contributed by atoms with Gasteiger partial charge in [0, 0.05) is 13.0 Å². The number of nitrogens with zero attached hydrogens (tertiary/aromatic N) is 1. The number of hydrogen-bond acceptors (Lipinski definition) is 5. The lowest BCUT2D eigenvalue weighted by molar-refractivity contribution is -0.137. The first kappa shape index (κ1) is 22.7. The highest BCUT2D eigenvalue weighted by Gasteiger charge is 2.04. The van der Waals surface area contributed by atoms with Crippen LogP contribution < -0.4 is 0 Å². The van der Waals surface area contributed by atoms with Gasteiger partial charge in [0.1, 0.15) is 0 Å². The summed E-state index contributed by atoms with van der Waals surface area (Å²) >= 11 is 0. The van der Waals surface area contributed by atoms with E-state index in [1.54, 1.807) is 0 Å². The first-order chi connectivity index (χ1) is 11.6. The molecule has 24 heavy (non-hydrogen) atoms. The van der Waals surface area contributed by atoms with Gasteiger partial charge in [0.05, 0.1) is 13.2 Å². The summed E-state index contributed by atoms with van der Waals surface area (Å²) in [5.74, 6) is -0.723. The van der Waals surface area contributed by atoms with E-state index in [1.165, 1.54) is 0 Å². The van der Waals surface area contributed by atoms with Crippen LogP contribution in [0.4, 0.5) is 4.79 Å². The maximum Gasteiger partial charge on any atom is 0.505 e. The highest BCUT2D eigenvalue weighted by molar-refractivity contribution is 5.66. The van der Waals surface area contributed by atoms with Crippen LogP contribution in [0.15, 0.2) is 0 Å². The van der Waals surface area contributed by atoms with Crippen molar-refractivity contribution in [1.29, 1.82) is 0 Å². The summed E-state index contributed by atoms with van der Waals surface area (Å²) in [4.78, 5) is 22.8. The molecule has 0 atom stereocenters. The van der Waals surface area contributed by atoms with Crippen molar-refractivity contribution in [3.63, 3.8) is 0 Å². The molecule has 0 saturated heterocycles. The van der Waals surface area contributed by atoms with Crippen molar-refractivity contribution in [3.8, 4) is 0 Å². The topological polar surface area (TPSA) is 107 Å². The first-order valence-electron chi connectivity index (χ1n) is 8.97. The highest BCUT2D eigenvalue weighted by Crippen LogP contribution is 2.08. The van der Waals surface area contributed by atoms with Gasteiger partial charge < -0.3 is 25.0 Å². The molecule has 0 rings (SSSR count). The van der Waals surface area contributed by atoms with E-state index in [2.05, 4.69) is 9.64 Å². The van der Waals surface area contributed by atoms with E-state index >= 15 is 0 Å². The normalized spacial score (nSPS) is 10.9. The average Bonchev–Trinajstić information content (AvgIpc) is 2.52. The van der Waals surface area contributed by atoms with Crippen LogP contribution >= 0.6 is 0 Å². The number of hydrogen-bond donors (Lipinski definition) is 3. The molecule has 0 aromatic rings. The van der Waals surface area contributed by atoms with E-state index in [0.717, 1.165) is 70.9 Å². The van der Waals surface area contributed by atoms with Crippen molar-refractivity contribution in [1.82, 2.24) is 4.90 Å². The Morgan fingerprint density at radius 2 is 1.29 bits per heavy atom. The molecule has 0 aliphatic carbocycles. The van der Waals surface area contributed by atoms with Crippen LogP contribution in [-0.4, -0.2) is 65.2 Å². The summed E-state index contributed by atoms with van der Waals surface area (Å²) < 4.78 is 4.46. The number of ether oxygens (including phenoxy) is 1. The number of aliphatic hydroxyl groups excluding tert-OH is 1. The summed E-state index contributed by atoms with van der Waals surface area (Å²) in [6.45, 7) is 3.00. The Kier molecular flexibility index (Phi) is 15.6. The van der Waals surface area contributed by atoms with Crippen LogP contribution in [0.25, 0.3) is 0 Å². The molecule has 0 bridgehead atoms. The largest absolute Gasteiger partial charge is 0.505 e. The zero-order valence-corrected chi connectivity index (χ0v) is 14.6. The van der Waals surface area contributed by atoms with Crippen molar-refractivity contribution >= 4 is 12.1 Å².